The van der Waals surface area contributed by atoms with Crippen molar-refractivity contribution in [2.24, 2.45) is 0 Å². The summed E-state index contributed by atoms with van der Waals surface area (Å²) < 4.78 is 5.77. The van der Waals surface area contributed by atoms with E-state index in [9.17, 15) is 4.79 Å². The lowest BCUT2D eigenvalue weighted by atomic mass is 10.0. The third-order valence-electron chi connectivity index (χ3n) is 3.44. The highest BCUT2D eigenvalue weighted by Crippen LogP contribution is 2.29. The lowest BCUT2D eigenvalue weighted by Crippen LogP contribution is -2.08. The van der Waals surface area contributed by atoms with Crippen molar-refractivity contribution in [1.29, 1.82) is 0 Å². The van der Waals surface area contributed by atoms with Crippen LogP contribution in [-0.2, 0) is 4.79 Å². The Morgan fingerprint density at radius 1 is 1.32 bits per heavy atom. The summed E-state index contributed by atoms with van der Waals surface area (Å²) in [6.45, 7) is 6.40. The molecule has 3 nitrogen and oxygen atoms in total. The molecule has 22 heavy (non-hydrogen) atoms. The fourth-order valence-electron chi connectivity index (χ4n) is 2.22. The molecule has 0 spiro atoms. The average Bonchev–Trinajstić information content (AvgIpc) is 2.45. The maximum absolute atomic E-state index is 10.5. The number of carbonyl (C=O) groups is 1. The van der Waals surface area contributed by atoms with Crippen molar-refractivity contribution in [2.75, 3.05) is 6.61 Å². The summed E-state index contributed by atoms with van der Waals surface area (Å²) in [5, 5.41) is 8.66. The minimum atomic E-state index is -0.932. The molecule has 0 radical (unpaired) electrons. The lowest BCUT2D eigenvalue weighted by molar-refractivity contribution is -0.131. The molecular formula is C19H20O3. The molecule has 0 saturated heterocycles. The van der Waals surface area contributed by atoms with Crippen LogP contribution in [0.5, 0.6) is 5.75 Å². The molecule has 1 aromatic carbocycles. The van der Waals surface area contributed by atoms with Gasteiger partial charge in [-0.2, -0.15) is 0 Å². The lowest BCUT2D eigenvalue weighted by Gasteiger charge is -2.18. The molecule has 0 bridgehead atoms. The molecule has 0 fully saturated rings. The van der Waals surface area contributed by atoms with Gasteiger partial charge in [-0.15, -0.1) is 0 Å². The SMILES string of the molecule is CC(C=CC=C(C)C1=Cc2cc(C)ccc2OC1)=CC(=O)O. The van der Waals surface area contributed by atoms with E-state index in [1.54, 1.807) is 13.0 Å². The van der Waals surface area contributed by atoms with E-state index in [4.69, 9.17) is 9.84 Å². The van der Waals surface area contributed by atoms with Crippen LogP contribution in [0.25, 0.3) is 6.08 Å². The predicted molar refractivity (Wildman–Crippen MR) is 88.9 cm³/mol. The highest BCUT2D eigenvalue weighted by molar-refractivity contribution is 5.81. The van der Waals surface area contributed by atoms with Crippen molar-refractivity contribution in [1.82, 2.24) is 0 Å². The van der Waals surface area contributed by atoms with E-state index in [0.29, 0.717) is 12.2 Å². The monoisotopic (exact) mass is 296 g/mol. The first kappa shape index (κ1) is 15.8. The summed E-state index contributed by atoms with van der Waals surface area (Å²) in [4.78, 5) is 10.5. The molecule has 0 aromatic heterocycles. The molecule has 1 N–H and O–H groups in total. The minimum absolute atomic E-state index is 0.552. The summed E-state index contributed by atoms with van der Waals surface area (Å²) in [6.07, 6.45) is 8.93. The molecule has 1 aliphatic heterocycles. The molecule has 2 rings (SSSR count). The standard InChI is InChI=1S/C19H20O3/c1-13(10-19(20)21)5-4-6-15(3)17-11-16-9-14(2)7-8-18(16)22-12-17/h4-11H,12H2,1-3H3,(H,20,21). The largest absolute Gasteiger partial charge is 0.488 e. The smallest absolute Gasteiger partial charge is 0.328 e. The van der Waals surface area contributed by atoms with Crippen LogP contribution >= 0.6 is 0 Å². The Morgan fingerprint density at radius 3 is 2.82 bits per heavy atom. The van der Waals surface area contributed by atoms with Gasteiger partial charge in [-0.05, 0) is 55.7 Å². The Morgan fingerprint density at radius 2 is 2.09 bits per heavy atom. The van der Waals surface area contributed by atoms with E-state index in [1.807, 2.05) is 31.2 Å². The van der Waals surface area contributed by atoms with Crippen LogP contribution in [0.1, 0.15) is 25.0 Å². The predicted octanol–water partition coefficient (Wildman–Crippen LogP) is 4.30. The van der Waals surface area contributed by atoms with E-state index < -0.39 is 5.97 Å². The number of carboxylic acids is 1. The fourth-order valence-corrected chi connectivity index (χ4v) is 2.22. The van der Waals surface area contributed by atoms with E-state index >= 15 is 0 Å². The third kappa shape index (κ3) is 4.22. The van der Waals surface area contributed by atoms with Gasteiger partial charge in [0.2, 0.25) is 0 Å². The van der Waals surface area contributed by atoms with Crippen LogP contribution in [0.3, 0.4) is 0 Å². The topological polar surface area (TPSA) is 46.5 Å². The maximum atomic E-state index is 10.5. The third-order valence-corrected chi connectivity index (χ3v) is 3.44. The van der Waals surface area contributed by atoms with Crippen LogP contribution in [-0.4, -0.2) is 17.7 Å². The van der Waals surface area contributed by atoms with Crippen molar-refractivity contribution in [3.05, 3.63) is 70.3 Å². The first-order valence-corrected chi connectivity index (χ1v) is 7.16. The van der Waals surface area contributed by atoms with E-state index in [2.05, 4.69) is 19.1 Å². The molecule has 0 aliphatic carbocycles. The second-order valence-electron chi connectivity index (χ2n) is 5.43. The van der Waals surface area contributed by atoms with E-state index in [1.165, 1.54) is 11.6 Å². The Kier molecular flexibility index (Phi) is 4.99. The van der Waals surface area contributed by atoms with E-state index in [-0.39, 0.29) is 0 Å². The molecule has 0 unspecified atom stereocenters. The van der Waals surface area contributed by atoms with Crippen molar-refractivity contribution in [2.45, 2.75) is 20.8 Å². The first-order valence-electron chi connectivity index (χ1n) is 7.16. The maximum Gasteiger partial charge on any atom is 0.328 e. The number of hydrogen-bond acceptors (Lipinski definition) is 2. The second-order valence-corrected chi connectivity index (χ2v) is 5.43. The number of allylic oxidation sites excluding steroid dienone is 4. The zero-order valence-corrected chi connectivity index (χ0v) is 13.1. The van der Waals surface area contributed by atoms with Gasteiger partial charge >= 0.3 is 5.97 Å². The number of aryl methyl sites for hydroxylation is 1. The van der Waals surface area contributed by atoms with Crippen LogP contribution in [0.2, 0.25) is 0 Å². The highest BCUT2D eigenvalue weighted by atomic mass is 16.5. The van der Waals surface area contributed by atoms with Gasteiger partial charge in [0.1, 0.15) is 12.4 Å². The molecule has 114 valence electrons. The summed E-state index contributed by atoms with van der Waals surface area (Å²) >= 11 is 0. The van der Waals surface area contributed by atoms with Gasteiger partial charge in [0.05, 0.1) is 0 Å². The molecule has 1 aliphatic rings. The Labute approximate surface area is 130 Å². The van der Waals surface area contributed by atoms with Gasteiger partial charge < -0.3 is 9.84 Å². The summed E-state index contributed by atoms with van der Waals surface area (Å²) in [5.74, 6) is -0.0175. The molecule has 1 aromatic rings. The summed E-state index contributed by atoms with van der Waals surface area (Å²) in [5.41, 5.74) is 5.23. The molecular weight excluding hydrogens is 276 g/mol. The van der Waals surface area contributed by atoms with Gasteiger partial charge in [-0.25, -0.2) is 4.79 Å². The zero-order chi connectivity index (χ0) is 16.1. The Bertz CT molecular complexity index is 703. The van der Waals surface area contributed by atoms with Gasteiger partial charge in [-0.3, -0.25) is 0 Å². The van der Waals surface area contributed by atoms with Crippen LogP contribution in [0, 0.1) is 6.92 Å². The Hall–Kier alpha value is -2.55. The molecule has 3 heteroatoms. The number of benzene rings is 1. The number of rotatable bonds is 4. The van der Waals surface area contributed by atoms with Gasteiger partial charge in [-0.1, -0.05) is 29.9 Å². The van der Waals surface area contributed by atoms with E-state index in [0.717, 1.165) is 22.5 Å². The number of carboxylic acid groups (broad SMARTS) is 1. The van der Waals surface area contributed by atoms with Crippen molar-refractivity contribution in [3.8, 4) is 5.75 Å². The molecule has 0 atom stereocenters. The number of ether oxygens (including phenoxy) is 1. The molecule has 0 saturated carbocycles. The van der Waals surface area contributed by atoms with Crippen LogP contribution in [0.15, 0.2) is 59.2 Å². The highest BCUT2D eigenvalue weighted by Gasteiger charge is 2.11. The number of aliphatic carboxylic acids is 1. The Balaban J connectivity index is 2.16. The van der Waals surface area contributed by atoms with Crippen LogP contribution in [0.4, 0.5) is 0 Å². The number of hydrogen-bond donors (Lipinski definition) is 1. The van der Waals surface area contributed by atoms with Gasteiger partial charge in [0.15, 0.2) is 0 Å². The molecule has 1 heterocycles. The number of fused-ring (bicyclic) bond motifs is 1. The summed E-state index contributed by atoms with van der Waals surface area (Å²) in [7, 11) is 0. The van der Waals surface area contributed by atoms with Gasteiger partial charge in [0, 0.05) is 11.6 Å². The van der Waals surface area contributed by atoms with Crippen molar-refractivity contribution in [3.63, 3.8) is 0 Å². The fraction of sp³-hybridized carbons (Fsp3) is 0.211. The van der Waals surface area contributed by atoms with Gasteiger partial charge in [0.25, 0.3) is 0 Å². The van der Waals surface area contributed by atoms with Crippen molar-refractivity contribution < 1.29 is 14.6 Å². The second kappa shape index (κ2) is 6.94. The van der Waals surface area contributed by atoms with Crippen LogP contribution < -0.4 is 4.74 Å². The van der Waals surface area contributed by atoms with Crippen molar-refractivity contribution >= 4 is 12.0 Å². The minimum Gasteiger partial charge on any atom is -0.488 e. The zero-order valence-electron chi connectivity index (χ0n) is 13.1. The first-order chi connectivity index (χ1) is 10.5. The normalized spacial score (nSPS) is 15.3. The quantitative estimate of drug-likeness (QED) is 0.665. The summed E-state index contributed by atoms with van der Waals surface area (Å²) in [6, 6.07) is 6.15. The molecule has 0 amide bonds. The average molecular weight is 296 g/mol.